The van der Waals surface area contributed by atoms with Crippen LogP contribution < -0.4 is 11.1 Å². The predicted octanol–water partition coefficient (Wildman–Crippen LogP) is 3.99. The lowest BCUT2D eigenvalue weighted by Gasteiger charge is -2.13. The van der Waals surface area contributed by atoms with Crippen molar-refractivity contribution in [3.8, 4) is 0 Å². The van der Waals surface area contributed by atoms with Crippen molar-refractivity contribution < 1.29 is 4.79 Å². The van der Waals surface area contributed by atoms with Crippen LogP contribution in [0.2, 0.25) is 0 Å². The average molecular weight is 372 g/mol. The summed E-state index contributed by atoms with van der Waals surface area (Å²) in [5.41, 5.74) is 8.48. The number of rotatable bonds is 2. The van der Waals surface area contributed by atoms with E-state index in [2.05, 4.69) is 21.2 Å². The highest BCUT2D eigenvalue weighted by molar-refractivity contribution is 9.10. The summed E-state index contributed by atoms with van der Waals surface area (Å²) in [4.78, 5) is 12.5. The van der Waals surface area contributed by atoms with Crippen LogP contribution in [-0.4, -0.2) is 5.91 Å². The van der Waals surface area contributed by atoms with E-state index >= 15 is 0 Å². The molecule has 3 aliphatic rings. The minimum absolute atomic E-state index is 0. The minimum Gasteiger partial charge on any atom is -0.397 e. The third-order valence-corrected chi connectivity index (χ3v) is 6.11. The molecule has 1 amide bonds. The summed E-state index contributed by atoms with van der Waals surface area (Å²) in [5, 5.41) is 3.06. The maximum Gasteiger partial charge on any atom is 0.228 e. The number of halogens is 2. The van der Waals surface area contributed by atoms with Gasteiger partial charge in [0.15, 0.2) is 0 Å². The fraction of sp³-hybridized carbons (Fsp3) is 0.562. The van der Waals surface area contributed by atoms with Crippen molar-refractivity contribution in [3.63, 3.8) is 0 Å². The van der Waals surface area contributed by atoms with Crippen molar-refractivity contribution in [3.05, 3.63) is 22.2 Å². The van der Waals surface area contributed by atoms with Crippen molar-refractivity contribution in [1.29, 1.82) is 0 Å². The van der Waals surface area contributed by atoms with Gasteiger partial charge >= 0.3 is 0 Å². The van der Waals surface area contributed by atoms with Gasteiger partial charge in [-0.2, -0.15) is 0 Å². The van der Waals surface area contributed by atoms with E-state index in [1.165, 1.54) is 19.3 Å². The van der Waals surface area contributed by atoms with Crippen LogP contribution in [0.3, 0.4) is 0 Å². The molecule has 3 nitrogen and oxygen atoms in total. The van der Waals surface area contributed by atoms with E-state index in [-0.39, 0.29) is 24.2 Å². The molecule has 0 aliphatic heterocycles. The zero-order valence-corrected chi connectivity index (χ0v) is 14.3. The fourth-order valence-corrected chi connectivity index (χ4v) is 5.32. The van der Waals surface area contributed by atoms with Gasteiger partial charge in [-0.1, -0.05) is 15.9 Å². The van der Waals surface area contributed by atoms with Crippen LogP contribution in [0, 0.1) is 36.5 Å². The summed E-state index contributed by atoms with van der Waals surface area (Å²) in [5.74, 6) is 3.41. The number of benzene rings is 1. The zero-order valence-electron chi connectivity index (χ0n) is 11.9. The van der Waals surface area contributed by atoms with Gasteiger partial charge in [0.05, 0.1) is 11.4 Å². The molecule has 4 unspecified atom stereocenters. The van der Waals surface area contributed by atoms with Gasteiger partial charge in [0, 0.05) is 10.4 Å². The van der Waals surface area contributed by atoms with E-state index in [1.54, 1.807) is 0 Å². The smallest absolute Gasteiger partial charge is 0.228 e. The number of aryl methyl sites for hydroxylation is 1. The summed E-state index contributed by atoms with van der Waals surface area (Å²) in [6.07, 6.45) is 4.05. The lowest BCUT2D eigenvalue weighted by Crippen LogP contribution is -2.19. The maximum absolute atomic E-state index is 12.5. The van der Waals surface area contributed by atoms with Crippen LogP contribution in [0.1, 0.15) is 24.8 Å². The first-order chi connectivity index (χ1) is 9.56. The van der Waals surface area contributed by atoms with Crippen molar-refractivity contribution in [2.24, 2.45) is 29.6 Å². The number of hydrogen-bond acceptors (Lipinski definition) is 2. The summed E-state index contributed by atoms with van der Waals surface area (Å²) in [6.45, 7) is 1.96. The zero-order chi connectivity index (χ0) is 14.0. The summed E-state index contributed by atoms with van der Waals surface area (Å²) >= 11 is 3.46. The second-order valence-electron chi connectivity index (χ2n) is 6.69. The molecule has 114 valence electrons. The molecule has 21 heavy (non-hydrogen) atoms. The number of nitrogens with two attached hydrogens (primary N) is 1. The quantitative estimate of drug-likeness (QED) is 0.772. The van der Waals surface area contributed by atoms with Gasteiger partial charge in [0.25, 0.3) is 0 Å². The normalized spacial score (nSPS) is 35.0. The highest BCUT2D eigenvalue weighted by Crippen LogP contribution is 2.69. The van der Waals surface area contributed by atoms with E-state index in [4.69, 9.17) is 5.73 Å². The van der Waals surface area contributed by atoms with Gasteiger partial charge < -0.3 is 11.1 Å². The highest BCUT2D eigenvalue weighted by atomic mass is 79.9. The molecule has 3 aliphatic carbocycles. The molecule has 3 N–H and O–H groups in total. The molecule has 0 saturated heterocycles. The molecule has 0 heterocycles. The van der Waals surface area contributed by atoms with Crippen LogP contribution >= 0.6 is 28.3 Å². The van der Waals surface area contributed by atoms with Gasteiger partial charge in [0.2, 0.25) is 5.91 Å². The molecule has 5 heteroatoms. The van der Waals surface area contributed by atoms with E-state index < -0.39 is 0 Å². The number of hydrogen-bond donors (Lipinski definition) is 2. The van der Waals surface area contributed by atoms with Crippen LogP contribution in [0.25, 0.3) is 0 Å². The van der Waals surface area contributed by atoms with Gasteiger partial charge in [-0.25, -0.2) is 0 Å². The van der Waals surface area contributed by atoms with Crippen molar-refractivity contribution >= 4 is 45.6 Å². The monoisotopic (exact) mass is 370 g/mol. The Morgan fingerprint density at radius 3 is 2.52 bits per heavy atom. The Morgan fingerprint density at radius 2 is 1.90 bits per heavy atom. The van der Waals surface area contributed by atoms with E-state index in [0.29, 0.717) is 17.5 Å². The Labute approximate surface area is 139 Å². The van der Waals surface area contributed by atoms with Gasteiger partial charge in [-0.05, 0) is 67.6 Å². The number of nitrogens with one attached hydrogen (secondary N) is 1. The molecule has 0 spiro atoms. The maximum atomic E-state index is 12.5. The third kappa shape index (κ3) is 2.27. The molecule has 4 rings (SSSR count). The van der Waals surface area contributed by atoms with E-state index in [1.807, 2.05) is 19.1 Å². The second-order valence-corrected chi connectivity index (χ2v) is 7.60. The first kappa shape index (κ1) is 15.2. The van der Waals surface area contributed by atoms with Gasteiger partial charge in [0.1, 0.15) is 0 Å². The average Bonchev–Trinajstić information content (AvgIpc) is 2.85. The van der Waals surface area contributed by atoms with Crippen molar-refractivity contribution in [2.75, 3.05) is 11.1 Å². The Morgan fingerprint density at radius 1 is 1.29 bits per heavy atom. The molecule has 2 bridgehead atoms. The predicted molar refractivity (Wildman–Crippen MR) is 90.5 cm³/mol. The summed E-state index contributed by atoms with van der Waals surface area (Å²) in [7, 11) is 0. The van der Waals surface area contributed by atoms with E-state index in [0.717, 1.165) is 27.6 Å². The number of nitrogen functional groups attached to an aromatic ring is 1. The van der Waals surface area contributed by atoms with Crippen molar-refractivity contribution in [2.45, 2.75) is 26.2 Å². The first-order valence-electron chi connectivity index (χ1n) is 7.42. The fourth-order valence-electron chi connectivity index (χ4n) is 4.75. The van der Waals surface area contributed by atoms with Crippen LogP contribution in [0.5, 0.6) is 0 Å². The van der Waals surface area contributed by atoms with Gasteiger partial charge in [-0.15, -0.1) is 12.4 Å². The highest BCUT2D eigenvalue weighted by Gasteiger charge is 2.67. The summed E-state index contributed by atoms with van der Waals surface area (Å²) < 4.78 is 0.954. The standard InChI is InChI=1S/C16H19BrN2O.ClH/c1-7-4-10(17)6-11(15(7)18)19-16(20)14-12-8-2-3-9(5-8)13(12)14;/h4,6,8-9,12-14H,2-3,5,18H2,1H3,(H,19,20);1H. The molecule has 0 radical (unpaired) electrons. The number of carbonyl (C=O) groups excluding carboxylic acids is 1. The van der Waals surface area contributed by atoms with Crippen molar-refractivity contribution in [1.82, 2.24) is 0 Å². The number of anilines is 2. The third-order valence-electron chi connectivity index (χ3n) is 5.65. The number of fused-ring (bicyclic) bond motifs is 5. The van der Waals surface area contributed by atoms with Gasteiger partial charge in [-0.3, -0.25) is 4.79 Å². The molecule has 0 aromatic heterocycles. The lowest BCUT2D eigenvalue weighted by atomic mass is 10.0. The molecule has 3 fully saturated rings. The number of carbonyl (C=O) groups is 1. The Kier molecular flexibility index (Phi) is 3.73. The molecule has 1 aromatic rings. The summed E-state index contributed by atoms with van der Waals surface area (Å²) in [6, 6.07) is 3.87. The lowest BCUT2D eigenvalue weighted by molar-refractivity contribution is -0.118. The molecule has 4 atom stereocenters. The molecular weight excluding hydrogens is 352 g/mol. The number of amides is 1. The largest absolute Gasteiger partial charge is 0.397 e. The topological polar surface area (TPSA) is 55.1 Å². The van der Waals surface area contributed by atoms with E-state index in [9.17, 15) is 4.79 Å². The van der Waals surface area contributed by atoms with Crippen LogP contribution in [0.4, 0.5) is 11.4 Å². The minimum atomic E-state index is 0. The Hall–Kier alpha value is -0.740. The molecule has 1 aromatic carbocycles. The Bertz CT molecular complexity index is 590. The Balaban J connectivity index is 0.00000132. The second kappa shape index (κ2) is 5.17. The van der Waals surface area contributed by atoms with Crippen LogP contribution in [-0.2, 0) is 4.79 Å². The molecule has 3 saturated carbocycles. The first-order valence-corrected chi connectivity index (χ1v) is 8.22. The van der Waals surface area contributed by atoms with Crippen LogP contribution in [0.15, 0.2) is 16.6 Å². The SMILES string of the molecule is Cc1cc(Br)cc(NC(=O)C2C3C4CCC(C4)C23)c1N.Cl. The molecular formula is C16H20BrClN2O.